The van der Waals surface area contributed by atoms with E-state index in [1.54, 1.807) is 0 Å². The number of benzene rings is 1. The molecule has 1 aromatic rings. The van der Waals surface area contributed by atoms with Crippen LogP contribution in [0.2, 0.25) is 0 Å². The van der Waals surface area contributed by atoms with Gasteiger partial charge in [0.1, 0.15) is 6.04 Å². The van der Waals surface area contributed by atoms with E-state index in [2.05, 4.69) is 5.32 Å². The van der Waals surface area contributed by atoms with Gasteiger partial charge in [-0.2, -0.15) is 0 Å². The van der Waals surface area contributed by atoms with Crippen molar-refractivity contribution < 1.29 is 28.3 Å². The topological polar surface area (TPSA) is 86.7 Å². The number of carboxylic acids is 1. The number of carboxylic acid groups (broad SMARTS) is 1. The monoisotopic (exact) mass is 340 g/mol. The number of likely N-dealkylation sites (tertiary alicyclic amines) is 1. The first-order chi connectivity index (χ1) is 11.3. The van der Waals surface area contributed by atoms with Gasteiger partial charge >= 0.3 is 5.97 Å². The fourth-order valence-electron chi connectivity index (χ4n) is 2.87. The minimum atomic E-state index is -1.18. The molecule has 0 spiro atoms. The number of nitrogens with zero attached hydrogens (tertiary/aromatic N) is 1. The average Bonchev–Trinajstić information content (AvgIpc) is 2.57. The van der Waals surface area contributed by atoms with Crippen molar-refractivity contribution in [3.05, 3.63) is 35.4 Å². The number of piperidine rings is 1. The number of carbonyl (C=O) groups is 3. The van der Waals surface area contributed by atoms with Gasteiger partial charge in [-0.3, -0.25) is 9.59 Å². The molecule has 0 aromatic heterocycles. The second-order valence-corrected chi connectivity index (χ2v) is 5.68. The number of aliphatic carboxylic acids is 1. The van der Waals surface area contributed by atoms with Crippen LogP contribution >= 0.6 is 0 Å². The normalized spacial score (nSPS) is 20.5. The first-order valence-corrected chi connectivity index (χ1v) is 7.52. The molecule has 0 unspecified atom stereocenters. The lowest BCUT2D eigenvalue weighted by Gasteiger charge is -2.36. The Labute approximate surface area is 137 Å². The highest BCUT2D eigenvalue weighted by molar-refractivity contribution is 5.87. The molecule has 0 bridgehead atoms. The van der Waals surface area contributed by atoms with Crippen LogP contribution in [0.3, 0.4) is 0 Å². The van der Waals surface area contributed by atoms with Crippen molar-refractivity contribution in [1.29, 1.82) is 0 Å². The Kier molecular flexibility index (Phi) is 5.48. The highest BCUT2D eigenvalue weighted by Crippen LogP contribution is 2.24. The molecule has 0 aliphatic carbocycles. The van der Waals surface area contributed by atoms with Gasteiger partial charge in [-0.15, -0.1) is 0 Å². The second kappa shape index (κ2) is 7.37. The van der Waals surface area contributed by atoms with Crippen molar-refractivity contribution in [2.24, 2.45) is 5.92 Å². The van der Waals surface area contributed by atoms with Crippen molar-refractivity contribution >= 4 is 17.8 Å². The van der Waals surface area contributed by atoms with Gasteiger partial charge in [0, 0.05) is 19.2 Å². The Balaban J connectivity index is 2.20. The number of amides is 2. The van der Waals surface area contributed by atoms with Crippen LogP contribution in [0.15, 0.2) is 18.2 Å². The summed E-state index contributed by atoms with van der Waals surface area (Å²) in [5.41, 5.74) is -0.147. The summed E-state index contributed by atoms with van der Waals surface area (Å²) in [4.78, 5) is 36.6. The second-order valence-electron chi connectivity index (χ2n) is 5.68. The predicted molar refractivity (Wildman–Crippen MR) is 80.0 cm³/mol. The van der Waals surface area contributed by atoms with Crippen LogP contribution in [0.5, 0.6) is 0 Å². The summed E-state index contributed by atoms with van der Waals surface area (Å²) >= 11 is 0. The molecule has 2 rings (SSSR count). The average molecular weight is 340 g/mol. The van der Waals surface area contributed by atoms with Gasteiger partial charge in [0.05, 0.1) is 12.3 Å². The quantitative estimate of drug-likeness (QED) is 0.854. The van der Waals surface area contributed by atoms with Gasteiger partial charge in [0.15, 0.2) is 11.6 Å². The first-order valence-electron chi connectivity index (χ1n) is 7.52. The number of rotatable bonds is 4. The molecule has 8 heteroatoms. The summed E-state index contributed by atoms with van der Waals surface area (Å²) in [5, 5.41) is 11.7. The van der Waals surface area contributed by atoms with E-state index in [0.717, 1.165) is 11.0 Å². The lowest BCUT2D eigenvalue weighted by molar-refractivity contribution is -0.154. The summed E-state index contributed by atoms with van der Waals surface area (Å²) in [6, 6.07) is 2.41. The molecule has 6 nitrogen and oxygen atoms in total. The minimum Gasteiger partial charge on any atom is -0.480 e. The molecule has 130 valence electrons. The van der Waals surface area contributed by atoms with E-state index >= 15 is 0 Å². The van der Waals surface area contributed by atoms with Gasteiger partial charge in [0.25, 0.3) is 0 Å². The lowest BCUT2D eigenvalue weighted by Crippen LogP contribution is -2.53. The predicted octanol–water partition coefficient (Wildman–Crippen LogP) is 0.945. The highest BCUT2D eigenvalue weighted by Gasteiger charge is 2.38. The number of carbonyl (C=O) groups excluding carboxylic acids is 2. The van der Waals surface area contributed by atoms with Crippen molar-refractivity contribution in [2.75, 3.05) is 13.6 Å². The summed E-state index contributed by atoms with van der Waals surface area (Å²) in [6.07, 6.45) is 0.00732. The smallest absolute Gasteiger partial charge is 0.326 e. The Morgan fingerprint density at radius 3 is 2.62 bits per heavy atom. The third-order valence-electron chi connectivity index (χ3n) is 4.18. The van der Waals surface area contributed by atoms with Crippen LogP contribution in [0, 0.1) is 17.6 Å². The lowest BCUT2D eigenvalue weighted by atomic mass is 9.91. The summed E-state index contributed by atoms with van der Waals surface area (Å²) in [7, 11) is 1.46. The zero-order chi connectivity index (χ0) is 17.9. The van der Waals surface area contributed by atoms with E-state index in [4.69, 9.17) is 0 Å². The fourth-order valence-corrected chi connectivity index (χ4v) is 2.87. The van der Waals surface area contributed by atoms with Gasteiger partial charge < -0.3 is 15.3 Å². The molecule has 1 saturated heterocycles. The number of hydrogen-bond acceptors (Lipinski definition) is 3. The summed E-state index contributed by atoms with van der Waals surface area (Å²) in [6.45, 7) is -0.0631. The van der Waals surface area contributed by atoms with Crippen LogP contribution < -0.4 is 5.32 Å². The number of hydrogen-bond donors (Lipinski definition) is 2. The Hall–Kier alpha value is -2.51. The van der Waals surface area contributed by atoms with Crippen LogP contribution in [0.4, 0.5) is 8.78 Å². The van der Waals surface area contributed by atoms with Gasteiger partial charge in [0.2, 0.25) is 11.8 Å². The maximum atomic E-state index is 13.7. The zero-order valence-electron chi connectivity index (χ0n) is 13.1. The molecule has 1 aliphatic rings. The number of nitrogens with one attached hydrogen (secondary N) is 1. The van der Waals surface area contributed by atoms with E-state index in [1.165, 1.54) is 19.2 Å². The van der Waals surface area contributed by atoms with Crippen LogP contribution in [-0.4, -0.2) is 47.4 Å². The summed E-state index contributed by atoms with van der Waals surface area (Å²) in [5.74, 6) is -4.84. The molecule has 2 atom stereocenters. The van der Waals surface area contributed by atoms with Gasteiger partial charge in [-0.25, -0.2) is 13.6 Å². The Bertz CT molecular complexity index is 665. The molecule has 2 N–H and O–H groups in total. The van der Waals surface area contributed by atoms with Gasteiger partial charge in [-0.05, 0) is 18.9 Å². The van der Waals surface area contributed by atoms with Crippen molar-refractivity contribution in [3.8, 4) is 0 Å². The fraction of sp³-hybridized carbons (Fsp3) is 0.438. The standard InChI is InChI=1S/C16H18F2N2O4/c1-19-15(22)10-5-6-12(16(23)24)20(8-10)13(21)7-9-3-2-4-11(17)14(9)18/h2-4,10,12H,5-8H2,1H3,(H,19,22)(H,23,24)/t10-,12-/m0/s1. The van der Waals surface area contributed by atoms with Crippen molar-refractivity contribution in [3.63, 3.8) is 0 Å². The molecule has 1 heterocycles. The zero-order valence-corrected chi connectivity index (χ0v) is 13.1. The maximum absolute atomic E-state index is 13.7. The highest BCUT2D eigenvalue weighted by atomic mass is 19.2. The molecule has 1 aliphatic heterocycles. The van der Waals surface area contributed by atoms with E-state index in [-0.39, 0.29) is 24.4 Å². The number of halogens is 2. The third-order valence-corrected chi connectivity index (χ3v) is 4.18. The summed E-state index contributed by atoms with van der Waals surface area (Å²) < 4.78 is 27.0. The van der Waals surface area contributed by atoms with E-state index in [9.17, 15) is 28.3 Å². The van der Waals surface area contributed by atoms with Gasteiger partial charge in [-0.1, -0.05) is 12.1 Å². The molecule has 1 aromatic carbocycles. The third kappa shape index (κ3) is 3.69. The van der Waals surface area contributed by atoms with E-state index < -0.39 is 41.9 Å². The maximum Gasteiger partial charge on any atom is 0.326 e. The molecule has 1 fully saturated rings. The molecular weight excluding hydrogens is 322 g/mol. The Morgan fingerprint density at radius 2 is 2.00 bits per heavy atom. The molecule has 0 saturated carbocycles. The minimum absolute atomic E-state index is 0.0631. The molecule has 2 amide bonds. The Morgan fingerprint density at radius 1 is 1.29 bits per heavy atom. The van der Waals surface area contributed by atoms with Crippen molar-refractivity contribution in [1.82, 2.24) is 10.2 Å². The van der Waals surface area contributed by atoms with Crippen LogP contribution in [0.25, 0.3) is 0 Å². The molecule has 24 heavy (non-hydrogen) atoms. The first kappa shape index (κ1) is 17.8. The van der Waals surface area contributed by atoms with Crippen molar-refractivity contribution in [2.45, 2.75) is 25.3 Å². The SMILES string of the molecule is CNC(=O)[C@H]1CC[C@@H](C(=O)O)N(C(=O)Cc2cccc(F)c2F)C1. The van der Waals surface area contributed by atoms with E-state index in [1.807, 2.05) is 0 Å². The van der Waals surface area contributed by atoms with Crippen LogP contribution in [0.1, 0.15) is 18.4 Å². The van der Waals surface area contributed by atoms with E-state index in [0.29, 0.717) is 6.42 Å². The van der Waals surface area contributed by atoms with Crippen LogP contribution in [-0.2, 0) is 20.8 Å². The molecular formula is C16H18F2N2O4. The largest absolute Gasteiger partial charge is 0.480 e. The molecule has 0 radical (unpaired) electrons.